The van der Waals surface area contributed by atoms with Gasteiger partial charge in [0, 0.05) is 9.35 Å². The predicted molar refractivity (Wildman–Crippen MR) is 109 cm³/mol. The summed E-state index contributed by atoms with van der Waals surface area (Å²) in [4.78, 5) is 14.3. The number of nitrogens with zero attached hydrogens (tertiary/aromatic N) is 2. The summed E-state index contributed by atoms with van der Waals surface area (Å²) >= 11 is 4.85. The summed E-state index contributed by atoms with van der Waals surface area (Å²) < 4.78 is 27.7. The van der Waals surface area contributed by atoms with E-state index in [0.717, 1.165) is 14.2 Å². The van der Waals surface area contributed by atoms with Crippen LogP contribution in [-0.2, 0) is 14.8 Å². The molecule has 27 heavy (non-hydrogen) atoms. The number of amides is 1. The molecule has 0 spiro atoms. The number of nitrogens with one attached hydrogen (secondary N) is 2. The number of hydrogen-bond acceptors (Lipinski definition) is 5. The van der Waals surface area contributed by atoms with Crippen molar-refractivity contribution in [2.45, 2.75) is 4.90 Å². The van der Waals surface area contributed by atoms with Crippen molar-refractivity contribution >= 4 is 49.4 Å². The summed E-state index contributed by atoms with van der Waals surface area (Å²) in [5, 5.41) is 5.88. The molecule has 0 atom stereocenters. The summed E-state index contributed by atoms with van der Waals surface area (Å²) in [6.07, 6.45) is 1.61. The van der Waals surface area contributed by atoms with Gasteiger partial charge in [0.05, 0.1) is 37.3 Å². The Bertz CT molecular complexity index is 891. The van der Waals surface area contributed by atoms with Gasteiger partial charge >= 0.3 is 0 Å². The molecule has 3 rings (SSSR count). The maximum absolute atomic E-state index is 12.7. The van der Waals surface area contributed by atoms with Crippen LogP contribution in [0.15, 0.2) is 56.2 Å². The Morgan fingerprint density at radius 2 is 1.96 bits per heavy atom. The number of quaternary nitrogens is 1. The van der Waals surface area contributed by atoms with Gasteiger partial charge in [-0.25, -0.2) is 13.8 Å². The summed E-state index contributed by atoms with van der Waals surface area (Å²) in [6.45, 7) is 2.21. The van der Waals surface area contributed by atoms with Crippen molar-refractivity contribution in [1.82, 2.24) is 9.73 Å². The first-order valence-electron chi connectivity index (χ1n) is 8.40. The summed E-state index contributed by atoms with van der Waals surface area (Å²) in [5.41, 5.74) is 2.52. The Hall–Kier alpha value is -1.59. The molecular weight excluding hydrogens is 452 g/mol. The first-order valence-corrected chi connectivity index (χ1v) is 11.5. The molecule has 0 bridgehead atoms. The number of piperazine rings is 1. The van der Waals surface area contributed by atoms with Crippen LogP contribution in [0.5, 0.6) is 0 Å². The lowest BCUT2D eigenvalue weighted by Gasteiger charge is -2.31. The van der Waals surface area contributed by atoms with Crippen LogP contribution in [0, 0.1) is 0 Å². The highest BCUT2D eigenvalue weighted by molar-refractivity contribution is 9.10. The Morgan fingerprint density at radius 1 is 1.26 bits per heavy atom. The van der Waals surface area contributed by atoms with E-state index in [4.69, 9.17) is 0 Å². The highest BCUT2D eigenvalue weighted by Gasteiger charge is 2.31. The summed E-state index contributed by atoms with van der Waals surface area (Å²) in [7, 11) is -3.49. The Kier molecular flexibility index (Phi) is 6.77. The van der Waals surface area contributed by atoms with Crippen LogP contribution in [0.3, 0.4) is 0 Å². The molecule has 1 aliphatic rings. The van der Waals surface area contributed by atoms with E-state index in [2.05, 4.69) is 26.5 Å². The monoisotopic (exact) mass is 471 g/mol. The van der Waals surface area contributed by atoms with E-state index in [-0.39, 0.29) is 17.3 Å². The molecule has 1 fully saturated rings. The number of benzene rings is 1. The minimum atomic E-state index is -3.49. The van der Waals surface area contributed by atoms with Crippen LogP contribution < -0.4 is 10.3 Å². The standard InChI is InChI=1S/C17H19BrN4O3S2/c18-14-3-5-16(6-4-14)27(24,25)22-9-7-21(8-10-22)13-17(23)20-19-12-15-2-1-11-26-15/h1-6,11-12H,7-10,13H2,(H,20,23)/p+1/b19-12-. The third-order valence-corrected chi connectivity index (χ3v) is 7.46. The van der Waals surface area contributed by atoms with Gasteiger partial charge in [-0.15, -0.1) is 11.3 Å². The molecule has 10 heteroatoms. The van der Waals surface area contributed by atoms with Crippen molar-refractivity contribution in [3.8, 4) is 0 Å². The van der Waals surface area contributed by atoms with E-state index in [9.17, 15) is 13.2 Å². The van der Waals surface area contributed by atoms with Crippen LogP contribution in [0.25, 0.3) is 0 Å². The van der Waals surface area contributed by atoms with Gasteiger partial charge in [-0.3, -0.25) is 4.79 Å². The normalized spacial score (nSPS) is 16.6. The largest absolute Gasteiger partial charge is 0.325 e. The number of sulfonamides is 1. The van der Waals surface area contributed by atoms with Crippen molar-refractivity contribution in [3.05, 3.63) is 51.1 Å². The molecule has 2 N–H and O–H groups in total. The van der Waals surface area contributed by atoms with E-state index < -0.39 is 10.0 Å². The van der Waals surface area contributed by atoms with Gasteiger partial charge < -0.3 is 4.90 Å². The lowest BCUT2D eigenvalue weighted by atomic mass is 10.3. The van der Waals surface area contributed by atoms with Crippen LogP contribution in [-0.4, -0.2) is 57.6 Å². The minimum absolute atomic E-state index is 0.179. The third kappa shape index (κ3) is 5.45. The molecule has 1 saturated heterocycles. The predicted octanol–water partition coefficient (Wildman–Crippen LogP) is 0.550. The first kappa shape index (κ1) is 20.2. The van der Waals surface area contributed by atoms with Crippen molar-refractivity contribution in [1.29, 1.82) is 0 Å². The fourth-order valence-electron chi connectivity index (χ4n) is 2.77. The molecule has 1 aliphatic heterocycles. The summed E-state index contributed by atoms with van der Waals surface area (Å²) in [6, 6.07) is 10.5. The molecule has 1 aromatic heterocycles. The second-order valence-corrected chi connectivity index (χ2v) is 9.93. The lowest BCUT2D eigenvalue weighted by molar-refractivity contribution is -0.895. The molecule has 7 nitrogen and oxygen atoms in total. The van der Waals surface area contributed by atoms with Gasteiger partial charge in [-0.1, -0.05) is 22.0 Å². The highest BCUT2D eigenvalue weighted by Crippen LogP contribution is 2.18. The van der Waals surface area contributed by atoms with Crippen molar-refractivity contribution in [3.63, 3.8) is 0 Å². The molecule has 2 aromatic rings. The molecule has 1 aromatic carbocycles. The van der Waals surface area contributed by atoms with Gasteiger partial charge in [0.25, 0.3) is 5.91 Å². The van der Waals surface area contributed by atoms with Crippen molar-refractivity contribution < 1.29 is 18.1 Å². The van der Waals surface area contributed by atoms with Crippen molar-refractivity contribution in [2.75, 3.05) is 32.7 Å². The number of hydrazone groups is 1. The second-order valence-electron chi connectivity index (χ2n) is 6.09. The number of carbonyl (C=O) groups is 1. The van der Waals surface area contributed by atoms with E-state index in [1.807, 2.05) is 17.5 Å². The SMILES string of the molecule is O=C(C[NH+]1CCN(S(=O)(=O)c2ccc(Br)cc2)CC1)N/N=C\c1cccs1. The van der Waals surface area contributed by atoms with E-state index in [1.165, 1.54) is 4.31 Å². The number of halogens is 1. The Balaban J connectivity index is 1.48. The van der Waals surface area contributed by atoms with Crippen LogP contribution in [0.4, 0.5) is 0 Å². The fourth-order valence-corrected chi connectivity index (χ4v) is 5.07. The molecule has 0 saturated carbocycles. The molecular formula is C17H20BrN4O3S2+. The molecule has 0 aliphatic carbocycles. The number of carbonyl (C=O) groups excluding carboxylic acids is 1. The maximum atomic E-state index is 12.7. The Morgan fingerprint density at radius 3 is 2.59 bits per heavy atom. The third-order valence-electron chi connectivity index (χ3n) is 4.22. The highest BCUT2D eigenvalue weighted by atomic mass is 79.9. The zero-order valence-electron chi connectivity index (χ0n) is 14.5. The van der Waals surface area contributed by atoms with Crippen LogP contribution >= 0.6 is 27.3 Å². The smallest absolute Gasteiger partial charge is 0.295 e. The van der Waals surface area contributed by atoms with E-state index in [1.54, 1.807) is 41.8 Å². The summed E-state index contributed by atoms with van der Waals surface area (Å²) in [5.74, 6) is -0.179. The maximum Gasteiger partial charge on any atom is 0.295 e. The molecule has 1 amide bonds. The van der Waals surface area contributed by atoms with Crippen LogP contribution in [0.2, 0.25) is 0 Å². The molecule has 144 valence electrons. The molecule has 0 unspecified atom stereocenters. The van der Waals surface area contributed by atoms with Gasteiger partial charge in [0.1, 0.15) is 0 Å². The molecule has 2 heterocycles. The zero-order chi connectivity index (χ0) is 19.3. The fraction of sp³-hybridized carbons (Fsp3) is 0.294. The zero-order valence-corrected chi connectivity index (χ0v) is 17.7. The quantitative estimate of drug-likeness (QED) is 0.476. The number of hydrogen-bond donors (Lipinski definition) is 2. The van der Waals surface area contributed by atoms with Gasteiger partial charge in [-0.05, 0) is 35.7 Å². The number of rotatable bonds is 6. The molecule has 0 radical (unpaired) electrons. The number of thiophene rings is 1. The lowest BCUT2D eigenvalue weighted by Crippen LogP contribution is -3.15. The van der Waals surface area contributed by atoms with Gasteiger partial charge in [0.15, 0.2) is 6.54 Å². The van der Waals surface area contributed by atoms with Crippen molar-refractivity contribution in [2.24, 2.45) is 5.10 Å². The second kappa shape index (κ2) is 9.07. The van der Waals surface area contributed by atoms with Gasteiger partial charge in [0.2, 0.25) is 10.0 Å². The van der Waals surface area contributed by atoms with Crippen LogP contribution in [0.1, 0.15) is 4.88 Å². The Labute approximate surface area is 170 Å². The average molecular weight is 472 g/mol. The van der Waals surface area contributed by atoms with Gasteiger partial charge in [-0.2, -0.15) is 9.41 Å². The minimum Gasteiger partial charge on any atom is -0.325 e. The van der Waals surface area contributed by atoms with E-state index in [0.29, 0.717) is 26.2 Å². The average Bonchev–Trinajstić information content (AvgIpc) is 3.16. The topological polar surface area (TPSA) is 83.3 Å². The first-order chi connectivity index (χ1) is 12.9. The van der Waals surface area contributed by atoms with E-state index >= 15 is 0 Å².